The maximum Gasteiger partial charge on any atom is 0.303 e. The van der Waals surface area contributed by atoms with Gasteiger partial charge in [0.05, 0.1) is 4.47 Å². The van der Waals surface area contributed by atoms with Crippen LogP contribution < -0.4 is 10.1 Å². The zero-order valence-electron chi connectivity index (χ0n) is 12.1. The van der Waals surface area contributed by atoms with Crippen molar-refractivity contribution in [3.05, 3.63) is 27.7 Å². The molecular formula is C15H21BrClNO3. The lowest BCUT2D eigenvalue weighted by molar-refractivity contribution is -0.137. The van der Waals surface area contributed by atoms with Crippen LogP contribution in [0.1, 0.15) is 26.2 Å². The van der Waals surface area contributed by atoms with Gasteiger partial charge in [-0.2, -0.15) is 0 Å². The lowest BCUT2D eigenvalue weighted by Gasteiger charge is -2.12. The average molecular weight is 379 g/mol. The van der Waals surface area contributed by atoms with Crippen LogP contribution in [-0.2, 0) is 4.79 Å². The molecule has 0 amide bonds. The number of hydrogen-bond acceptors (Lipinski definition) is 3. The van der Waals surface area contributed by atoms with E-state index in [0.29, 0.717) is 17.5 Å². The molecule has 118 valence electrons. The molecule has 0 radical (unpaired) electrons. The third-order valence-corrected chi connectivity index (χ3v) is 3.95. The van der Waals surface area contributed by atoms with Crippen molar-refractivity contribution in [2.75, 3.05) is 19.7 Å². The van der Waals surface area contributed by atoms with E-state index in [4.69, 9.17) is 21.4 Å². The minimum absolute atomic E-state index is 0.245. The molecule has 1 aromatic rings. The van der Waals surface area contributed by atoms with E-state index < -0.39 is 5.97 Å². The SMILES string of the molecule is CC(CCNCCOc1ccc(Cl)cc1Br)CCC(=O)O. The van der Waals surface area contributed by atoms with Crippen LogP contribution in [-0.4, -0.2) is 30.8 Å². The number of ether oxygens (including phenoxy) is 1. The molecule has 0 aliphatic rings. The van der Waals surface area contributed by atoms with Gasteiger partial charge in [-0.1, -0.05) is 18.5 Å². The molecule has 1 atom stereocenters. The first-order chi connectivity index (χ1) is 9.99. The molecule has 1 unspecified atom stereocenters. The second-order valence-corrected chi connectivity index (χ2v) is 6.29. The maximum absolute atomic E-state index is 10.5. The van der Waals surface area contributed by atoms with Gasteiger partial charge in [0.1, 0.15) is 12.4 Å². The van der Waals surface area contributed by atoms with E-state index >= 15 is 0 Å². The van der Waals surface area contributed by atoms with Crippen molar-refractivity contribution in [1.82, 2.24) is 5.32 Å². The van der Waals surface area contributed by atoms with E-state index in [1.54, 1.807) is 12.1 Å². The number of nitrogens with one attached hydrogen (secondary N) is 1. The van der Waals surface area contributed by atoms with Gasteiger partial charge in [0, 0.05) is 18.0 Å². The standard InChI is InChI=1S/C15H21BrClNO3/c1-11(2-5-15(19)20)6-7-18-8-9-21-14-4-3-12(17)10-13(14)16/h3-4,10-11,18H,2,5-9H2,1H3,(H,19,20). The number of benzene rings is 1. The summed E-state index contributed by atoms with van der Waals surface area (Å²) in [4.78, 5) is 10.5. The zero-order chi connectivity index (χ0) is 15.7. The van der Waals surface area contributed by atoms with E-state index in [1.165, 1.54) is 0 Å². The minimum atomic E-state index is -0.725. The van der Waals surface area contributed by atoms with E-state index in [-0.39, 0.29) is 6.42 Å². The lowest BCUT2D eigenvalue weighted by atomic mass is 10.0. The summed E-state index contributed by atoms with van der Waals surface area (Å²) >= 11 is 9.26. The third kappa shape index (κ3) is 8.29. The summed E-state index contributed by atoms with van der Waals surface area (Å²) in [7, 11) is 0. The van der Waals surface area contributed by atoms with Gasteiger partial charge in [-0.3, -0.25) is 4.79 Å². The first-order valence-corrected chi connectivity index (χ1v) is 8.16. The van der Waals surface area contributed by atoms with Gasteiger partial charge < -0.3 is 15.2 Å². The first kappa shape index (κ1) is 18.3. The molecule has 6 heteroatoms. The van der Waals surface area contributed by atoms with Crippen LogP contribution in [0.2, 0.25) is 5.02 Å². The molecule has 1 rings (SSSR count). The summed E-state index contributed by atoms with van der Waals surface area (Å²) in [5, 5.41) is 12.6. The van der Waals surface area contributed by atoms with Gasteiger partial charge in [-0.25, -0.2) is 0 Å². The highest BCUT2D eigenvalue weighted by Gasteiger charge is 2.05. The van der Waals surface area contributed by atoms with Crippen LogP contribution in [0.5, 0.6) is 5.75 Å². The van der Waals surface area contributed by atoms with E-state index in [9.17, 15) is 4.79 Å². The highest BCUT2D eigenvalue weighted by molar-refractivity contribution is 9.10. The summed E-state index contributed by atoms with van der Waals surface area (Å²) in [6.45, 7) is 4.27. The smallest absolute Gasteiger partial charge is 0.303 e. The second-order valence-electron chi connectivity index (χ2n) is 5.00. The molecule has 2 N–H and O–H groups in total. The van der Waals surface area contributed by atoms with Crippen molar-refractivity contribution in [2.24, 2.45) is 5.92 Å². The quantitative estimate of drug-likeness (QED) is 0.605. The number of carboxylic acid groups (broad SMARTS) is 1. The first-order valence-electron chi connectivity index (χ1n) is 6.99. The van der Waals surface area contributed by atoms with Gasteiger partial charge in [-0.05, 0) is 59.4 Å². The van der Waals surface area contributed by atoms with Crippen LogP contribution in [0.4, 0.5) is 0 Å². The van der Waals surface area contributed by atoms with E-state index in [1.807, 2.05) is 6.07 Å². The average Bonchev–Trinajstić information content (AvgIpc) is 2.42. The number of halogens is 2. The number of aliphatic carboxylic acids is 1. The molecule has 1 aromatic carbocycles. The molecule has 0 aliphatic carbocycles. The van der Waals surface area contributed by atoms with Gasteiger partial charge in [-0.15, -0.1) is 0 Å². The Morgan fingerprint density at radius 2 is 2.19 bits per heavy atom. The Morgan fingerprint density at radius 1 is 1.43 bits per heavy atom. The van der Waals surface area contributed by atoms with Crippen LogP contribution >= 0.6 is 27.5 Å². The lowest BCUT2D eigenvalue weighted by Crippen LogP contribution is -2.23. The molecule has 4 nitrogen and oxygen atoms in total. The molecule has 21 heavy (non-hydrogen) atoms. The Kier molecular flexibility index (Phi) is 8.73. The fourth-order valence-corrected chi connectivity index (χ4v) is 2.61. The van der Waals surface area contributed by atoms with Crippen molar-refractivity contribution >= 4 is 33.5 Å². The summed E-state index contributed by atoms with van der Waals surface area (Å²) < 4.78 is 6.48. The van der Waals surface area contributed by atoms with Gasteiger partial charge in [0.2, 0.25) is 0 Å². The normalized spacial score (nSPS) is 12.1. The van der Waals surface area contributed by atoms with Crippen molar-refractivity contribution in [3.8, 4) is 5.75 Å². The summed E-state index contributed by atoms with van der Waals surface area (Å²) in [5.41, 5.74) is 0. The molecular weight excluding hydrogens is 358 g/mol. The highest BCUT2D eigenvalue weighted by atomic mass is 79.9. The summed E-state index contributed by atoms with van der Waals surface area (Å²) in [5.74, 6) is 0.465. The largest absolute Gasteiger partial charge is 0.491 e. The topological polar surface area (TPSA) is 58.6 Å². The third-order valence-electron chi connectivity index (χ3n) is 3.10. The van der Waals surface area contributed by atoms with Crippen molar-refractivity contribution in [3.63, 3.8) is 0 Å². The molecule has 0 aliphatic heterocycles. The monoisotopic (exact) mass is 377 g/mol. The number of carbonyl (C=O) groups is 1. The summed E-state index contributed by atoms with van der Waals surface area (Å²) in [6.07, 6.45) is 1.94. The molecule has 0 bridgehead atoms. The fraction of sp³-hybridized carbons (Fsp3) is 0.533. The zero-order valence-corrected chi connectivity index (χ0v) is 14.4. The molecule has 0 saturated carbocycles. The van der Waals surface area contributed by atoms with Crippen molar-refractivity contribution < 1.29 is 14.6 Å². The van der Waals surface area contributed by atoms with Gasteiger partial charge in [0.15, 0.2) is 0 Å². The highest BCUT2D eigenvalue weighted by Crippen LogP contribution is 2.27. The number of carboxylic acids is 1. The predicted molar refractivity (Wildman–Crippen MR) is 88.2 cm³/mol. The predicted octanol–water partition coefficient (Wildman–Crippen LogP) is 3.96. The summed E-state index contributed by atoms with van der Waals surface area (Å²) in [6, 6.07) is 5.42. The Bertz CT molecular complexity index is 457. The molecule has 0 saturated heterocycles. The van der Waals surface area contributed by atoms with Crippen molar-refractivity contribution in [2.45, 2.75) is 26.2 Å². The number of hydrogen-bond donors (Lipinski definition) is 2. The van der Waals surface area contributed by atoms with Gasteiger partial charge >= 0.3 is 5.97 Å². The number of rotatable bonds is 10. The Balaban J connectivity index is 2.08. The van der Waals surface area contributed by atoms with Crippen molar-refractivity contribution in [1.29, 1.82) is 0 Å². The van der Waals surface area contributed by atoms with E-state index in [2.05, 4.69) is 28.2 Å². The van der Waals surface area contributed by atoms with Crippen LogP contribution in [0.3, 0.4) is 0 Å². The molecule has 0 fully saturated rings. The van der Waals surface area contributed by atoms with Gasteiger partial charge in [0.25, 0.3) is 0 Å². The van der Waals surface area contributed by atoms with Crippen LogP contribution in [0, 0.1) is 5.92 Å². The fourth-order valence-electron chi connectivity index (χ4n) is 1.81. The molecule has 0 aromatic heterocycles. The molecule has 0 spiro atoms. The molecule has 0 heterocycles. The van der Waals surface area contributed by atoms with Crippen LogP contribution in [0.25, 0.3) is 0 Å². The van der Waals surface area contributed by atoms with E-state index in [0.717, 1.165) is 36.2 Å². The Hall–Kier alpha value is -0.780. The van der Waals surface area contributed by atoms with Crippen LogP contribution in [0.15, 0.2) is 22.7 Å². The second kappa shape index (κ2) is 10.0. The Morgan fingerprint density at radius 3 is 2.86 bits per heavy atom. The maximum atomic E-state index is 10.5. The minimum Gasteiger partial charge on any atom is -0.491 e. The Labute approximate surface area is 139 Å².